The summed E-state index contributed by atoms with van der Waals surface area (Å²) in [6.45, 7) is 11.3. The Balaban J connectivity index is 2.11. The molecule has 2 N–H and O–H groups in total. The molecule has 0 amide bonds. The molecule has 0 aliphatic rings. The number of nitrogens with one attached hydrogen (secondary N) is 2. The summed E-state index contributed by atoms with van der Waals surface area (Å²) in [5.74, 6) is 2.64. The minimum atomic E-state index is 0.338. The van der Waals surface area contributed by atoms with Gasteiger partial charge < -0.3 is 10.6 Å². The zero-order valence-corrected chi connectivity index (χ0v) is 14.3. The normalized spacial score (nSPS) is 12.2. The molecular formula is C16H24N4S. The fourth-order valence-corrected chi connectivity index (χ4v) is 3.31. The number of nitrogens with zero attached hydrogens (tertiary/aromatic N) is 2. The van der Waals surface area contributed by atoms with E-state index in [0.29, 0.717) is 6.04 Å². The van der Waals surface area contributed by atoms with Crippen molar-refractivity contribution < 1.29 is 0 Å². The van der Waals surface area contributed by atoms with Crippen LogP contribution in [0.5, 0.6) is 0 Å². The molecule has 1 unspecified atom stereocenters. The third kappa shape index (κ3) is 4.17. The van der Waals surface area contributed by atoms with Crippen molar-refractivity contribution in [1.29, 1.82) is 0 Å². The zero-order chi connectivity index (χ0) is 15.4. The van der Waals surface area contributed by atoms with Crippen LogP contribution in [0.3, 0.4) is 0 Å². The number of anilines is 2. The number of rotatable bonds is 6. The quantitative estimate of drug-likeness (QED) is 0.848. The maximum atomic E-state index is 4.54. The van der Waals surface area contributed by atoms with Crippen molar-refractivity contribution in [2.45, 2.75) is 47.1 Å². The average molecular weight is 304 g/mol. The second kappa shape index (κ2) is 6.89. The molecule has 0 fully saturated rings. The average Bonchev–Trinajstić information content (AvgIpc) is 2.80. The molecule has 5 heteroatoms. The van der Waals surface area contributed by atoms with Crippen LogP contribution in [-0.4, -0.2) is 22.6 Å². The number of hydrogen-bond donors (Lipinski definition) is 2. The van der Waals surface area contributed by atoms with E-state index in [1.807, 2.05) is 18.3 Å². The van der Waals surface area contributed by atoms with Crippen LogP contribution >= 0.6 is 11.3 Å². The lowest BCUT2D eigenvalue weighted by molar-refractivity contribution is 0.789. The Morgan fingerprint density at radius 1 is 1.14 bits per heavy atom. The van der Waals surface area contributed by atoms with Gasteiger partial charge in [0.15, 0.2) is 0 Å². The highest BCUT2D eigenvalue weighted by Gasteiger charge is 2.12. The van der Waals surface area contributed by atoms with Crippen molar-refractivity contribution in [2.75, 3.05) is 17.2 Å². The summed E-state index contributed by atoms with van der Waals surface area (Å²) >= 11 is 1.86. The van der Waals surface area contributed by atoms with Gasteiger partial charge in [0, 0.05) is 34.3 Å². The van der Waals surface area contributed by atoms with Crippen molar-refractivity contribution >= 4 is 23.0 Å². The topological polar surface area (TPSA) is 49.8 Å². The Bertz CT molecular complexity index is 606. The van der Waals surface area contributed by atoms with E-state index in [1.165, 1.54) is 9.75 Å². The van der Waals surface area contributed by atoms with Gasteiger partial charge in [-0.3, -0.25) is 0 Å². The van der Waals surface area contributed by atoms with Crippen molar-refractivity contribution in [1.82, 2.24) is 9.97 Å². The molecule has 2 rings (SSSR count). The van der Waals surface area contributed by atoms with Crippen LogP contribution in [0.4, 0.5) is 11.6 Å². The molecule has 0 aromatic carbocycles. The smallest absolute Gasteiger partial charge is 0.134 e. The summed E-state index contributed by atoms with van der Waals surface area (Å²) in [7, 11) is 0. The van der Waals surface area contributed by atoms with Gasteiger partial charge in [-0.1, -0.05) is 0 Å². The van der Waals surface area contributed by atoms with Gasteiger partial charge in [-0.2, -0.15) is 0 Å². The molecule has 2 heterocycles. The highest BCUT2D eigenvalue weighted by molar-refractivity contribution is 7.11. The maximum Gasteiger partial charge on any atom is 0.134 e. The largest absolute Gasteiger partial charge is 0.370 e. The third-order valence-electron chi connectivity index (χ3n) is 3.29. The summed E-state index contributed by atoms with van der Waals surface area (Å²) in [5.41, 5.74) is 1.08. The van der Waals surface area contributed by atoms with Gasteiger partial charge in [-0.15, -0.1) is 11.3 Å². The summed E-state index contributed by atoms with van der Waals surface area (Å²) in [4.78, 5) is 11.8. The van der Waals surface area contributed by atoms with Gasteiger partial charge in [0.05, 0.1) is 0 Å². The molecular weight excluding hydrogens is 280 g/mol. The predicted octanol–water partition coefficient (Wildman–Crippen LogP) is 3.94. The molecule has 0 saturated carbocycles. The lowest BCUT2D eigenvalue weighted by atomic mass is 10.2. The van der Waals surface area contributed by atoms with Crippen molar-refractivity contribution in [2.24, 2.45) is 0 Å². The van der Waals surface area contributed by atoms with E-state index in [9.17, 15) is 0 Å². The first-order valence-corrected chi connectivity index (χ1v) is 8.22. The first kappa shape index (κ1) is 15.8. The van der Waals surface area contributed by atoms with E-state index in [2.05, 4.69) is 60.4 Å². The summed E-state index contributed by atoms with van der Waals surface area (Å²) in [5, 5.41) is 6.82. The highest BCUT2D eigenvalue weighted by Crippen LogP contribution is 2.22. The van der Waals surface area contributed by atoms with E-state index in [1.54, 1.807) is 0 Å². The molecule has 2 aromatic rings. The SMILES string of the molecule is CCNc1nc(C)nc(NC(C)Cc2ccc(C)s2)c1C. The lowest BCUT2D eigenvalue weighted by Gasteiger charge is -2.18. The first-order valence-electron chi connectivity index (χ1n) is 7.40. The fraction of sp³-hybridized carbons (Fsp3) is 0.500. The lowest BCUT2D eigenvalue weighted by Crippen LogP contribution is -2.20. The maximum absolute atomic E-state index is 4.54. The van der Waals surface area contributed by atoms with E-state index < -0.39 is 0 Å². The Hall–Kier alpha value is -1.62. The fourth-order valence-electron chi connectivity index (χ4n) is 2.29. The Morgan fingerprint density at radius 2 is 1.86 bits per heavy atom. The molecule has 114 valence electrons. The van der Waals surface area contributed by atoms with Gasteiger partial charge in [0.1, 0.15) is 17.5 Å². The van der Waals surface area contributed by atoms with Crippen LogP contribution in [0.25, 0.3) is 0 Å². The Labute approximate surface area is 131 Å². The third-order valence-corrected chi connectivity index (χ3v) is 4.31. The summed E-state index contributed by atoms with van der Waals surface area (Å²) in [6, 6.07) is 4.72. The molecule has 0 spiro atoms. The standard InChI is InChI=1S/C16H24N4S/c1-6-17-15-12(4)16(20-13(5)19-15)18-10(2)9-14-8-7-11(3)21-14/h7-8,10H,6,9H2,1-5H3,(H2,17,18,19,20). The molecule has 0 bridgehead atoms. The van der Waals surface area contributed by atoms with E-state index in [4.69, 9.17) is 0 Å². The molecule has 2 aromatic heterocycles. The summed E-state index contributed by atoms with van der Waals surface area (Å²) < 4.78 is 0. The number of hydrogen-bond acceptors (Lipinski definition) is 5. The van der Waals surface area contributed by atoms with E-state index in [0.717, 1.165) is 36.0 Å². The van der Waals surface area contributed by atoms with Gasteiger partial charge in [0.25, 0.3) is 0 Å². The number of thiophene rings is 1. The summed E-state index contributed by atoms with van der Waals surface area (Å²) in [6.07, 6.45) is 1.01. The van der Waals surface area contributed by atoms with Crippen molar-refractivity contribution in [3.05, 3.63) is 33.3 Å². The van der Waals surface area contributed by atoms with Gasteiger partial charge in [-0.05, 0) is 46.8 Å². The molecule has 0 radical (unpaired) electrons. The van der Waals surface area contributed by atoms with Gasteiger partial charge >= 0.3 is 0 Å². The Kier molecular flexibility index (Phi) is 5.17. The molecule has 0 saturated heterocycles. The minimum Gasteiger partial charge on any atom is -0.370 e. The number of aromatic nitrogens is 2. The zero-order valence-electron chi connectivity index (χ0n) is 13.4. The van der Waals surface area contributed by atoms with Gasteiger partial charge in [0.2, 0.25) is 0 Å². The van der Waals surface area contributed by atoms with Crippen LogP contribution in [0, 0.1) is 20.8 Å². The highest BCUT2D eigenvalue weighted by atomic mass is 32.1. The monoisotopic (exact) mass is 304 g/mol. The van der Waals surface area contributed by atoms with Crippen LogP contribution in [-0.2, 0) is 6.42 Å². The predicted molar refractivity (Wildman–Crippen MR) is 91.5 cm³/mol. The second-order valence-electron chi connectivity index (χ2n) is 5.39. The Morgan fingerprint density at radius 3 is 2.48 bits per heavy atom. The first-order chi connectivity index (χ1) is 9.99. The molecule has 0 aliphatic heterocycles. The van der Waals surface area contributed by atoms with Crippen LogP contribution in [0.2, 0.25) is 0 Å². The molecule has 1 atom stereocenters. The van der Waals surface area contributed by atoms with E-state index >= 15 is 0 Å². The molecule has 0 aliphatic carbocycles. The van der Waals surface area contributed by atoms with Crippen LogP contribution < -0.4 is 10.6 Å². The number of aryl methyl sites for hydroxylation is 2. The molecule has 4 nitrogen and oxygen atoms in total. The van der Waals surface area contributed by atoms with E-state index in [-0.39, 0.29) is 0 Å². The van der Waals surface area contributed by atoms with Crippen LogP contribution in [0.1, 0.15) is 35.0 Å². The van der Waals surface area contributed by atoms with Crippen molar-refractivity contribution in [3.8, 4) is 0 Å². The van der Waals surface area contributed by atoms with Crippen LogP contribution in [0.15, 0.2) is 12.1 Å². The molecule has 21 heavy (non-hydrogen) atoms. The minimum absolute atomic E-state index is 0.338. The van der Waals surface area contributed by atoms with Crippen molar-refractivity contribution in [3.63, 3.8) is 0 Å². The second-order valence-corrected chi connectivity index (χ2v) is 6.76. The van der Waals surface area contributed by atoms with Gasteiger partial charge in [-0.25, -0.2) is 9.97 Å².